The van der Waals surface area contributed by atoms with Crippen molar-refractivity contribution in [3.8, 4) is 0 Å². The normalized spacial score (nSPS) is 13.0. The summed E-state index contributed by atoms with van der Waals surface area (Å²) in [6.45, 7) is 2.05. The van der Waals surface area contributed by atoms with Gasteiger partial charge in [0.1, 0.15) is 5.52 Å². The number of fused-ring (bicyclic) bond motifs is 1. The van der Waals surface area contributed by atoms with E-state index in [1.54, 1.807) is 23.1 Å². The van der Waals surface area contributed by atoms with Crippen molar-refractivity contribution in [2.24, 2.45) is 0 Å². The molecule has 0 radical (unpaired) electrons. The quantitative estimate of drug-likeness (QED) is 0.796. The van der Waals surface area contributed by atoms with E-state index in [1.165, 1.54) is 0 Å². The summed E-state index contributed by atoms with van der Waals surface area (Å²) in [5.41, 5.74) is 0.945. The third kappa shape index (κ3) is 1.66. The van der Waals surface area contributed by atoms with Crippen LogP contribution in [0.4, 0.5) is 5.82 Å². The van der Waals surface area contributed by atoms with E-state index in [0.29, 0.717) is 0 Å². The lowest BCUT2D eigenvalue weighted by Crippen LogP contribution is -2.32. The van der Waals surface area contributed by atoms with Crippen molar-refractivity contribution in [2.45, 2.75) is 13.0 Å². The second-order valence-electron chi connectivity index (χ2n) is 3.55. The van der Waals surface area contributed by atoms with Crippen molar-refractivity contribution in [1.29, 1.82) is 0 Å². The van der Waals surface area contributed by atoms with E-state index in [-0.39, 0.29) is 12.6 Å². The standard InChI is InChI=1S/C10H14N4O/c1-8(7-15)13(2)10-9-3-4-12-14(9)6-5-11-10/h3-6,8,15H,7H2,1-2H3. The summed E-state index contributed by atoms with van der Waals surface area (Å²) in [5, 5.41) is 13.2. The van der Waals surface area contributed by atoms with Gasteiger partial charge >= 0.3 is 0 Å². The van der Waals surface area contributed by atoms with E-state index in [0.717, 1.165) is 11.3 Å². The van der Waals surface area contributed by atoms with Gasteiger partial charge in [-0.25, -0.2) is 9.50 Å². The highest BCUT2D eigenvalue weighted by Crippen LogP contribution is 2.18. The van der Waals surface area contributed by atoms with Crippen LogP contribution >= 0.6 is 0 Å². The Labute approximate surface area is 88.0 Å². The molecule has 80 valence electrons. The smallest absolute Gasteiger partial charge is 0.154 e. The number of nitrogens with zero attached hydrogens (tertiary/aromatic N) is 4. The predicted molar refractivity (Wildman–Crippen MR) is 57.9 cm³/mol. The second-order valence-corrected chi connectivity index (χ2v) is 3.55. The van der Waals surface area contributed by atoms with Crippen LogP contribution in [0.1, 0.15) is 6.92 Å². The van der Waals surface area contributed by atoms with Crippen LogP contribution in [0.5, 0.6) is 0 Å². The molecule has 0 saturated carbocycles. The molecular formula is C10H14N4O. The summed E-state index contributed by atoms with van der Waals surface area (Å²) in [7, 11) is 1.91. The van der Waals surface area contributed by atoms with Gasteiger partial charge in [-0.2, -0.15) is 5.10 Å². The van der Waals surface area contributed by atoms with Gasteiger partial charge in [-0.05, 0) is 13.0 Å². The van der Waals surface area contributed by atoms with E-state index in [4.69, 9.17) is 5.11 Å². The maximum absolute atomic E-state index is 9.10. The zero-order chi connectivity index (χ0) is 10.8. The molecule has 1 atom stereocenters. The van der Waals surface area contributed by atoms with Gasteiger partial charge in [-0.1, -0.05) is 0 Å². The maximum Gasteiger partial charge on any atom is 0.154 e. The minimum absolute atomic E-state index is 0.0404. The van der Waals surface area contributed by atoms with E-state index in [9.17, 15) is 0 Å². The molecule has 0 aromatic carbocycles. The Morgan fingerprint density at radius 1 is 1.53 bits per heavy atom. The van der Waals surface area contributed by atoms with Gasteiger partial charge < -0.3 is 10.0 Å². The van der Waals surface area contributed by atoms with Gasteiger partial charge in [0, 0.05) is 19.4 Å². The Bertz CT molecular complexity index is 453. The molecule has 0 aliphatic rings. The van der Waals surface area contributed by atoms with Crippen LogP contribution in [0.3, 0.4) is 0 Å². The van der Waals surface area contributed by atoms with Crippen molar-refractivity contribution >= 4 is 11.3 Å². The Kier molecular flexibility index (Phi) is 2.55. The summed E-state index contributed by atoms with van der Waals surface area (Å²) < 4.78 is 1.77. The predicted octanol–water partition coefficient (Wildman–Crippen LogP) is 0.546. The lowest BCUT2D eigenvalue weighted by Gasteiger charge is -2.24. The minimum atomic E-state index is 0.0404. The highest BCUT2D eigenvalue weighted by atomic mass is 16.3. The minimum Gasteiger partial charge on any atom is -0.394 e. The number of aromatic nitrogens is 3. The third-order valence-electron chi connectivity index (χ3n) is 2.56. The lowest BCUT2D eigenvalue weighted by atomic mass is 10.3. The average Bonchev–Trinajstić information content (AvgIpc) is 2.74. The van der Waals surface area contributed by atoms with Crippen molar-refractivity contribution in [3.05, 3.63) is 24.7 Å². The SMILES string of the molecule is CC(CO)N(C)c1nccn2nccc12. The molecule has 2 heterocycles. The number of aliphatic hydroxyl groups excluding tert-OH is 1. The molecule has 5 heteroatoms. The molecule has 2 aromatic rings. The van der Waals surface area contributed by atoms with E-state index >= 15 is 0 Å². The molecule has 2 aromatic heterocycles. The van der Waals surface area contributed by atoms with Crippen molar-refractivity contribution in [2.75, 3.05) is 18.6 Å². The number of hydrogen-bond acceptors (Lipinski definition) is 4. The molecule has 0 bridgehead atoms. The average molecular weight is 206 g/mol. The van der Waals surface area contributed by atoms with Crippen molar-refractivity contribution < 1.29 is 5.11 Å². The van der Waals surface area contributed by atoms with Gasteiger partial charge in [0.25, 0.3) is 0 Å². The van der Waals surface area contributed by atoms with Crippen LogP contribution < -0.4 is 4.90 Å². The summed E-state index contributed by atoms with van der Waals surface area (Å²) >= 11 is 0. The third-order valence-corrected chi connectivity index (χ3v) is 2.56. The Hall–Kier alpha value is -1.62. The lowest BCUT2D eigenvalue weighted by molar-refractivity contribution is 0.270. The highest BCUT2D eigenvalue weighted by molar-refractivity contribution is 5.68. The van der Waals surface area contributed by atoms with Crippen LogP contribution in [0.15, 0.2) is 24.7 Å². The zero-order valence-corrected chi connectivity index (χ0v) is 8.83. The van der Waals surface area contributed by atoms with Gasteiger partial charge in [-0.3, -0.25) is 0 Å². The van der Waals surface area contributed by atoms with E-state index in [2.05, 4.69) is 10.1 Å². The van der Waals surface area contributed by atoms with Gasteiger partial charge in [0.2, 0.25) is 0 Å². The summed E-state index contributed by atoms with van der Waals surface area (Å²) in [5.74, 6) is 0.830. The summed E-state index contributed by atoms with van der Waals surface area (Å²) in [6.07, 6.45) is 5.24. The molecule has 0 aliphatic heterocycles. The number of rotatable bonds is 3. The van der Waals surface area contributed by atoms with Crippen LogP contribution in [0, 0.1) is 0 Å². The topological polar surface area (TPSA) is 53.7 Å². The van der Waals surface area contributed by atoms with Crippen molar-refractivity contribution in [1.82, 2.24) is 14.6 Å². The highest BCUT2D eigenvalue weighted by Gasteiger charge is 2.13. The molecular weight excluding hydrogens is 192 g/mol. The molecule has 0 amide bonds. The van der Waals surface area contributed by atoms with E-state index in [1.807, 2.05) is 24.9 Å². The molecule has 5 nitrogen and oxygen atoms in total. The Balaban J connectivity index is 2.46. The number of likely N-dealkylation sites (N-methyl/N-ethyl adjacent to an activating group) is 1. The zero-order valence-electron chi connectivity index (χ0n) is 8.83. The van der Waals surface area contributed by atoms with Crippen LogP contribution in [-0.2, 0) is 0 Å². The first kappa shape index (κ1) is 9.92. The maximum atomic E-state index is 9.10. The molecule has 15 heavy (non-hydrogen) atoms. The first-order valence-electron chi connectivity index (χ1n) is 4.86. The van der Waals surface area contributed by atoms with Crippen molar-refractivity contribution in [3.63, 3.8) is 0 Å². The molecule has 0 spiro atoms. The first-order chi connectivity index (χ1) is 7.24. The van der Waals surface area contributed by atoms with E-state index < -0.39 is 0 Å². The monoisotopic (exact) mass is 206 g/mol. The fraction of sp³-hybridized carbons (Fsp3) is 0.400. The number of aliphatic hydroxyl groups is 1. The fourth-order valence-corrected chi connectivity index (χ4v) is 1.45. The van der Waals surface area contributed by atoms with Crippen LogP contribution in [0.2, 0.25) is 0 Å². The second kappa shape index (κ2) is 3.86. The van der Waals surface area contributed by atoms with Gasteiger partial charge in [0.05, 0.1) is 18.8 Å². The number of anilines is 1. The molecule has 2 rings (SSSR count). The Morgan fingerprint density at radius 2 is 2.33 bits per heavy atom. The van der Waals surface area contributed by atoms with Gasteiger partial charge in [0.15, 0.2) is 5.82 Å². The summed E-state index contributed by atoms with van der Waals surface area (Å²) in [6, 6.07) is 1.95. The molecule has 0 fully saturated rings. The molecule has 1 N–H and O–H groups in total. The van der Waals surface area contributed by atoms with Crippen LogP contribution in [0.25, 0.3) is 5.52 Å². The Morgan fingerprint density at radius 3 is 3.07 bits per heavy atom. The number of hydrogen-bond donors (Lipinski definition) is 1. The largest absolute Gasteiger partial charge is 0.394 e. The first-order valence-corrected chi connectivity index (χ1v) is 4.86. The molecule has 1 unspecified atom stereocenters. The molecule has 0 saturated heterocycles. The van der Waals surface area contributed by atoms with Gasteiger partial charge in [-0.15, -0.1) is 0 Å². The fourth-order valence-electron chi connectivity index (χ4n) is 1.45. The molecule has 0 aliphatic carbocycles. The summed E-state index contributed by atoms with van der Waals surface area (Å²) in [4.78, 5) is 6.24. The van der Waals surface area contributed by atoms with Crippen LogP contribution in [-0.4, -0.2) is 39.4 Å².